The third-order valence-corrected chi connectivity index (χ3v) is 6.49. The summed E-state index contributed by atoms with van der Waals surface area (Å²) in [6, 6.07) is 8.18. The van der Waals surface area contributed by atoms with Gasteiger partial charge in [-0.25, -0.2) is 4.79 Å². The second-order valence-electron chi connectivity index (χ2n) is 7.96. The summed E-state index contributed by atoms with van der Waals surface area (Å²) < 4.78 is 15.7. The summed E-state index contributed by atoms with van der Waals surface area (Å²) >= 11 is 1.23. The Morgan fingerprint density at radius 2 is 2.03 bits per heavy atom. The molecule has 8 nitrogen and oxygen atoms in total. The number of thioether (sulfide) groups is 1. The number of para-hydroxylation sites is 1. The SMILES string of the molecule is CN1C(=O)C(NC(=O)COc2ccccc2)SC(C)(C)C1C(=O)OCC1CCC=CO1. The van der Waals surface area contributed by atoms with E-state index in [1.165, 1.54) is 16.7 Å². The Morgan fingerprint density at radius 1 is 1.29 bits per heavy atom. The van der Waals surface area contributed by atoms with E-state index in [0.717, 1.165) is 12.8 Å². The fourth-order valence-electron chi connectivity index (χ4n) is 3.55. The summed E-state index contributed by atoms with van der Waals surface area (Å²) in [7, 11) is 1.55. The van der Waals surface area contributed by atoms with E-state index in [-0.39, 0.29) is 25.2 Å². The molecule has 3 unspecified atom stereocenters. The van der Waals surface area contributed by atoms with Gasteiger partial charge in [0.1, 0.15) is 24.5 Å². The molecule has 2 aliphatic rings. The number of likely N-dealkylation sites (N-methyl/N-ethyl adjacent to an activating group) is 1. The van der Waals surface area contributed by atoms with Gasteiger partial charge in [0, 0.05) is 11.8 Å². The van der Waals surface area contributed by atoms with Gasteiger partial charge in [0.25, 0.3) is 11.8 Å². The molecule has 3 atom stereocenters. The van der Waals surface area contributed by atoms with Gasteiger partial charge in [-0.1, -0.05) is 18.2 Å². The highest BCUT2D eigenvalue weighted by Crippen LogP contribution is 2.39. The zero-order valence-electron chi connectivity index (χ0n) is 17.9. The predicted molar refractivity (Wildman–Crippen MR) is 116 cm³/mol. The third kappa shape index (κ3) is 5.94. The number of hydrogen-bond donors (Lipinski definition) is 1. The number of allylic oxidation sites excluding steroid dienone is 1. The number of esters is 1. The lowest BCUT2D eigenvalue weighted by Gasteiger charge is -2.45. The maximum Gasteiger partial charge on any atom is 0.330 e. The third-order valence-electron chi connectivity index (χ3n) is 5.10. The second kappa shape index (κ2) is 10.1. The summed E-state index contributed by atoms with van der Waals surface area (Å²) in [5, 5.41) is 1.88. The first-order valence-electron chi connectivity index (χ1n) is 10.2. The Hall–Kier alpha value is -2.68. The Bertz CT molecular complexity index is 829. The molecular weight excluding hydrogens is 420 g/mol. The minimum Gasteiger partial charge on any atom is -0.495 e. The number of nitrogens with one attached hydrogen (secondary N) is 1. The minimum absolute atomic E-state index is 0.138. The van der Waals surface area contributed by atoms with Crippen LogP contribution in [0.4, 0.5) is 0 Å². The molecule has 1 fully saturated rings. The summed E-state index contributed by atoms with van der Waals surface area (Å²) in [4.78, 5) is 39.3. The Morgan fingerprint density at radius 3 is 2.71 bits per heavy atom. The molecule has 1 aromatic carbocycles. The minimum atomic E-state index is -0.817. The number of amides is 2. The van der Waals surface area contributed by atoms with Crippen LogP contribution >= 0.6 is 11.8 Å². The highest BCUT2D eigenvalue weighted by molar-refractivity contribution is 8.02. The van der Waals surface area contributed by atoms with Crippen molar-refractivity contribution < 1.29 is 28.6 Å². The van der Waals surface area contributed by atoms with Crippen molar-refractivity contribution in [3.63, 3.8) is 0 Å². The summed E-state index contributed by atoms with van der Waals surface area (Å²) in [6.07, 6.45) is 5.02. The lowest BCUT2D eigenvalue weighted by molar-refractivity contribution is -0.158. The van der Waals surface area contributed by atoms with Gasteiger partial charge in [-0.05, 0) is 44.9 Å². The van der Waals surface area contributed by atoms with Crippen LogP contribution < -0.4 is 10.1 Å². The molecule has 168 valence electrons. The van der Waals surface area contributed by atoms with Gasteiger partial charge >= 0.3 is 5.97 Å². The van der Waals surface area contributed by atoms with Crippen LogP contribution in [-0.2, 0) is 23.9 Å². The van der Waals surface area contributed by atoms with Gasteiger partial charge in [-0.2, -0.15) is 0 Å². The number of carbonyl (C=O) groups excluding carboxylic acids is 3. The van der Waals surface area contributed by atoms with Gasteiger partial charge < -0.3 is 24.4 Å². The van der Waals surface area contributed by atoms with Crippen LogP contribution in [0.2, 0.25) is 0 Å². The molecular formula is C22H28N2O6S. The lowest BCUT2D eigenvalue weighted by Crippen LogP contribution is -2.63. The van der Waals surface area contributed by atoms with Crippen LogP contribution in [-0.4, -0.2) is 65.2 Å². The van der Waals surface area contributed by atoms with Crippen LogP contribution in [0.25, 0.3) is 0 Å². The molecule has 0 radical (unpaired) electrons. The fraction of sp³-hybridized carbons (Fsp3) is 0.500. The normalized spacial score (nSPS) is 24.8. The number of rotatable bonds is 7. The van der Waals surface area contributed by atoms with Crippen LogP contribution in [0.1, 0.15) is 26.7 Å². The molecule has 1 saturated heterocycles. The molecule has 3 rings (SSSR count). The molecule has 2 aliphatic heterocycles. The van der Waals surface area contributed by atoms with Crippen molar-refractivity contribution in [1.29, 1.82) is 0 Å². The van der Waals surface area contributed by atoms with Crippen LogP contribution in [0.3, 0.4) is 0 Å². The maximum atomic E-state index is 12.9. The van der Waals surface area contributed by atoms with Crippen LogP contribution in [0, 0.1) is 0 Å². The largest absolute Gasteiger partial charge is 0.495 e. The van der Waals surface area contributed by atoms with E-state index < -0.39 is 28.0 Å². The monoisotopic (exact) mass is 448 g/mol. The van der Waals surface area contributed by atoms with E-state index >= 15 is 0 Å². The molecule has 1 aromatic rings. The number of hydrogen-bond acceptors (Lipinski definition) is 7. The van der Waals surface area contributed by atoms with Gasteiger partial charge in [-0.15, -0.1) is 11.8 Å². The van der Waals surface area contributed by atoms with E-state index in [4.69, 9.17) is 14.2 Å². The molecule has 1 N–H and O–H groups in total. The van der Waals surface area contributed by atoms with Crippen molar-refractivity contribution in [2.75, 3.05) is 20.3 Å². The molecule has 0 bridgehead atoms. The molecule has 0 spiro atoms. The first-order valence-corrected chi connectivity index (χ1v) is 11.0. The molecule has 0 aromatic heterocycles. The average Bonchev–Trinajstić information content (AvgIpc) is 2.75. The zero-order chi connectivity index (χ0) is 22.4. The first kappa shape index (κ1) is 23.0. The number of carbonyl (C=O) groups is 3. The van der Waals surface area contributed by atoms with E-state index in [0.29, 0.717) is 5.75 Å². The highest BCUT2D eigenvalue weighted by atomic mass is 32.2. The van der Waals surface area contributed by atoms with Crippen LogP contribution in [0.15, 0.2) is 42.7 Å². The van der Waals surface area contributed by atoms with Crippen molar-refractivity contribution in [3.8, 4) is 5.75 Å². The van der Waals surface area contributed by atoms with E-state index in [1.54, 1.807) is 25.4 Å². The number of ether oxygens (including phenoxy) is 3. The molecule has 0 saturated carbocycles. The van der Waals surface area contributed by atoms with Gasteiger partial charge in [-0.3, -0.25) is 9.59 Å². The second-order valence-corrected chi connectivity index (χ2v) is 9.72. The van der Waals surface area contributed by atoms with E-state index in [9.17, 15) is 14.4 Å². The zero-order valence-corrected chi connectivity index (χ0v) is 18.7. The molecule has 2 heterocycles. The number of nitrogens with zero attached hydrogens (tertiary/aromatic N) is 1. The smallest absolute Gasteiger partial charge is 0.330 e. The topological polar surface area (TPSA) is 94.2 Å². The van der Waals surface area contributed by atoms with Crippen molar-refractivity contribution in [3.05, 3.63) is 42.7 Å². The summed E-state index contributed by atoms with van der Waals surface area (Å²) in [5.41, 5.74) is 0. The maximum absolute atomic E-state index is 12.9. The van der Waals surface area contributed by atoms with Crippen LogP contribution in [0.5, 0.6) is 5.75 Å². The highest BCUT2D eigenvalue weighted by Gasteiger charge is 2.50. The molecule has 0 aliphatic carbocycles. The van der Waals surface area contributed by atoms with Crippen molar-refractivity contribution in [1.82, 2.24) is 10.2 Å². The summed E-state index contributed by atoms with van der Waals surface area (Å²) in [6.45, 7) is 3.64. The van der Waals surface area contributed by atoms with Crippen molar-refractivity contribution >= 4 is 29.5 Å². The van der Waals surface area contributed by atoms with E-state index in [2.05, 4.69) is 5.32 Å². The Kier molecular flexibility index (Phi) is 7.48. The van der Waals surface area contributed by atoms with Crippen molar-refractivity contribution in [2.45, 2.75) is 49.0 Å². The lowest BCUT2D eigenvalue weighted by atomic mass is 10.0. The molecule has 2 amide bonds. The standard InChI is InChI=1S/C22H28N2O6S/c1-22(2)18(21(27)30-13-16-11-7-8-12-28-16)24(3)20(26)19(31-22)23-17(25)14-29-15-9-5-4-6-10-15/h4-6,8-10,12,16,18-19H,7,11,13-14H2,1-3H3,(H,23,25). The molecule has 9 heteroatoms. The van der Waals surface area contributed by atoms with Gasteiger partial charge in [0.2, 0.25) is 0 Å². The Labute approximate surface area is 186 Å². The van der Waals surface area contributed by atoms with Gasteiger partial charge in [0.05, 0.1) is 6.26 Å². The quantitative estimate of drug-likeness (QED) is 0.639. The average molecular weight is 449 g/mol. The van der Waals surface area contributed by atoms with Crippen molar-refractivity contribution in [2.24, 2.45) is 0 Å². The number of benzene rings is 1. The summed E-state index contributed by atoms with van der Waals surface area (Å²) in [5.74, 6) is -0.694. The predicted octanol–water partition coefficient (Wildman–Crippen LogP) is 2.10. The first-order chi connectivity index (χ1) is 14.8. The Balaban J connectivity index is 1.55. The van der Waals surface area contributed by atoms with Gasteiger partial charge in [0.15, 0.2) is 12.0 Å². The molecule has 31 heavy (non-hydrogen) atoms. The van der Waals surface area contributed by atoms with E-state index in [1.807, 2.05) is 38.1 Å². The fourth-order valence-corrected chi connectivity index (χ4v) is 4.99.